The van der Waals surface area contributed by atoms with Gasteiger partial charge in [0.15, 0.2) is 0 Å². The molecule has 4 nitrogen and oxygen atoms in total. The number of carbonyl (C=O) groups excluding carboxylic acids is 1. The highest BCUT2D eigenvalue weighted by Gasteiger charge is 2.33. The van der Waals surface area contributed by atoms with Crippen LogP contribution in [0.3, 0.4) is 0 Å². The summed E-state index contributed by atoms with van der Waals surface area (Å²) >= 11 is 4.87. The monoisotopic (exact) mass is 263 g/mol. The summed E-state index contributed by atoms with van der Waals surface area (Å²) in [6.07, 6.45) is 4.35. The van der Waals surface area contributed by atoms with Crippen LogP contribution in [0.1, 0.15) is 35.3 Å². The van der Waals surface area contributed by atoms with Crippen molar-refractivity contribution in [3.63, 3.8) is 0 Å². The fourth-order valence-electron chi connectivity index (χ4n) is 1.91. The number of aromatic nitrogens is 1. The smallest absolute Gasteiger partial charge is 0.272 e. The molecule has 0 radical (unpaired) electrons. The predicted molar refractivity (Wildman–Crippen MR) is 74.4 cm³/mol. The van der Waals surface area contributed by atoms with Crippen molar-refractivity contribution in [1.82, 2.24) is 9.88 Å². The van der Waals surface area contributed by atoms with E-state index in [1.807, 2.05) is 24.0 Å². The second-order valence-corrected chi connectivity index (χ2v) is 5.14. The van der Waals surface area contributed by atoms with Gasteiger partial charge in [-0.1, -0.05) is 18.3 Å². The number of hydrogen-bond acceptors (Lipinski definition) is 3. The molecule has 5 heteroatoms. The summed E-state index contributed by atoms with van der Waals surface area (Å²) in [6, 6.07) is 4.08. The first-order valence-electron chi connectivity index (χ1n) is 6.10. The SMILES string of the molecule is Cc1cccnc1C(=O)N(CCC(N)=S)C1CC1. The average molecular weight is 263 g/mol. The van der Waals surface area contributed by atoms with Gasteiger partial charge in [-0.25, -0.2) is 0 Å². The zero-order chi connectivity index (χ0) is 13.1. The lowest BCUT2D eigenvalue weighted by molar-refractivity contribution is 0.0741. The summed E-state index contributed by atoms with van der Waals surface area (Å²) < 4.78 is 0. The van der Waals surface area contributed by atoms with Crippen LogP contribution in [0.4, 0.5) is 0 Å². The molecule has 0 unspecified atom stereocenters. The van der Waals surface area contributed by atoms with E-state index in [1.165, 1.54) is 0 Å². The molecule has 1 fully saturated rings. The van der Waals surface area contributed by atoms with Crippen molar-refractivity contribution in [2.24, 2.45) is 5.73 Å². The molecule has 0 aromatic carbocycles. The minimum atomic E-state index is -0.00755. The summed E-state index contributed by atoms with van der Waals surface area (Å²) in [5, 5.41) is 0. The van der Waals surface area contributed by atoms with Crippen molar-refractivity contribution < 1.29 is 4.79 Å². The molecule has 1 heterocycles. The fourth-order valence-corrected chi connectivity index (χ4v) is 2.00. The van der Waals surface area contributed by atoms with Crippen LogP contribution in [-0.4, -0.2) is 33.4 Å². The molecular weight excluding hydrogens is 246 g/mol. The summed E-state index contributed by atoms with van der Waals surface area (Å²) in [5.41, 5.74) is 6.95. The number of aryl methyl sites for hydroxylation is 1. The average Bonchev–Trinajstić information content (AvgIpc) is 3.13. The van der Waals surface area contributed by atoms with Crippen LogP contribution in [0.5, 0.6) is 0 Å². The van der Waals surface area contributed by atoms with Gasteiger partial charge in [-0.05, 0) is 31.4 Å². The molecule has 18 heavy (non-hydrogen) atoms. The zero-order valence-corrected chi connectivity index (χ0v) is 11.2. The normalized spacial score (nSPS) is 14.3. The van der Waals surface area contributed by atoms with Crippen LogP contribution >= 0.6 is 12.2 Å². The number of pyridine rings is 1. The molecule has 1 aliphatic rings. The second-order valence-electron chi connectivity index (χ2n) is 4.61. The van der Waals surface area contributed by atoms with Gasteiger partial charge in [0.05, 0.1) is 4.99 Å². The molecule has 2 N–H and O–H groups in total. The number of rotatable bonds is 5. The van der Waals surface area contributed by atoms with Crippen molar-refractivity contribution in [3.8, 4) is 0 Å². The van der Waals surface area contributed by atoms with E-state index in [0.29, 0.717) is 29.7 Å². The molecule has 0 saturated heterocycles. The van der Waals surface area contributed by atoms with E-state index in [1.54, 1.807) is 6.20 Å². The molecule has 1 aliphatic carbocycles. The minimum Gasteiger partial charge on any atom is -0.393 e. The molecule has 1 saturated carbocycles. The molecule has 0 atom stereocenters. The molecule has 0 spiro atoms. The number of nitrogens with zero attached hydrogens (tertiary/aromatic N) is 2. The first-order valence-corrected chi connectivity index (χ1v) is 6.51. The quantitative estimate of drug-likeness (QED) is 0.821. The van der Waals surface area contributed by atoms with Crippen molar-refractivity contribution in [1.29, 1.82) is 0 Å². The van der Waals surface area contributed by atoms with Gasteiger partial charge in [0.1, 0.15) is 5.69 Å². The van der Waals surface area contributed by atoms with Crippen molar-refractivity contribution in [3.05, 3.63) is 29.6 Å². The van der Waals surface area contributed by atoms with E-state index in [0.717, 1.165) is 18.4 Å². The van der Waals surface area contributed by atoms with E-state index in [9.17, 15) is 4.79 Å². The predicted octanol–water partition coefficient (Wildman–Crippen LogP) is 1.67. The van der Waals surface area contributed by atoms with E-state index in [4.69, 9.17) is 18.0 Å². The Balaban J connectivity index is 2.13. The van der Waals surface area contributed by atoms with Crippen molar-refractivity contribution in [2.75, 3.05) is 6.54 Å². The lowest BCUT2D eigenvalue weighted by atomic mass is 10.2. The van der Waals surface area contributed by atoms with Gasteiger partial charge in [-0.3, -0.25) is 9.78 Å². The highest BCUT2D eigenvalue weighted by Crippen LogP contribution is 2.28. The fraction of sp³-hybridized carbons (Fsp3) is 0.462. The Morgan fingerprint density at radius 3 is 2.89 bits per heavy atom. The number of carbonyl (C=O) groups is 1. The second kappa shape index (κ2) is 5.44. The molecule has 2 rings (SSSR count). The van der Waals surface area contributed by atoms with E-state index in [-0.39, 0.29) is 5.91 Å². The Bertz CT molecular complexity index is 471. The highest BCUT2D eigenvalue weighted by molar-refractivity contribution is 7.80. The highest BCUT2D eigenvalue weighted by atomic mass is 32.1. The van der Waals surface area contributed by atoms with Gasteiger partial charge in [0, 0.05) is 25.2 Å². The Morgan fingerprint density at radius 1 is 1.61 bits per heavy atom. The van der Waals surface area contributed by atoms with Crippen LogP contribution in [0, 0.1) is 6.92 Å². The number of amides is 1. The third-order valence-corrected chi connectivity index (χ3v) is 3.26. The first kappa shape index (κ1) is 13.0. The van der Waals surface area contributed by atoms with E-state index < -0.39 is 0 Å². The molecule has 0 aliphatic heterocycles. The number of nitrogens with two attached hydrogens (primary N) is 1. The summed E-state index contributed by atoms with van der Waals surface area (Å²) in [5.74, 6) is -0.00755. The molecule has 1 aromatic rings. The Morgan fingerprint density at radius 2 is 2.33 bits per heavy atom. The first-order chi connectivity index (χ1) is 8.59. The summed E-state index contributed by atoms with van der Waals surface area (Å²) in [4.78, 5) is 18.9. The lowest BCUT2D eigenvalue weighted by Gasteiger charge is -2.22. The van der Waals surface area contributed by atoms with E-state index >= 15 is 0 Å². The topological polar surface area (TPSA) is 59.2 Å². The zero-order valence-electron chi connectivity index (χ0n) is 10.4. The van der Waals surface area contributed by atoms with Crippen LogP contribution in [0.25, 0.3) is 0 Å². The van der Waals surface area contributed by atoms with Crippen molar-refractivity contribution in [2.45, 2.75) is 32.2 Å². The summed E-state index contributed by atoms with van der Waals surface area (Å²) in [6.45, 7) is 2.49. The van der Waals surface area contributed by atoms with Crippen LogP contribution in [0.15, 0.2) is 18.3 Å². The van der Waals surface area contributed by atoms with Gasteiger partial charge in [0.2, 0.25) is 0 Å². The maximum Gasteiger partial charge on any atom is 0.272 e. The molecule has 1 amide bonds. The largest absolute Gasteiger partial charge is 0.393 e. The van der Waals surface area contributed by atoms with Gasteiger partial charge < -0.3 is 10.6 Å². The van der Waals surface area contributed by atoms with E-state index in [2.05, 4.69) is 4.98 Å². The minimum absolute atomic E-state index is 0.00755. The standard InChI is InChI=1S/C13H17N3OS/c1-9-3-2-7-15-12(9)13(17)16(10-4-5-10)8-6-11(14)18/h2-3,7,10H,4-6,8H2,1H3,(H2,14,18). The van der Waals surface area contributed by atoms with Crippen molar-refractivity contribution >= 4 is 23.1 Å². The molecule has 96 valence electrons. The third kappa shape index (κ3) is 3.04. The Kier molecular flexibility index (Phi) is 3.91. The number of hydrogen-bond donors (Lipinski definition) is 1. The van der Waals surface area contributed by atoms with Gasteiger partial charge >= 0.3 is 0 Å². The third-order valence-electron chi connectivity index (χ3n) is 3.06. The molecular formula is C13H17N3OS. The van der Waals surface area contributed by atoms with Crippen LogP contribution in [0.2, 0.25) is 0 Å². The van der Waals surface area contributed by atoms with Gasteiger partial charge in [0.25, 0.3) is 5.91 Å². The molecule has 1 aromatic heterocycles. The van der Waals surface area contributed by atoms with Gasteiger partial charge in [-0.2, -0.15) is 0 Å². The maximum absolute atomic E-state index is 12.4. The number of thiocarbonyl (C=S) groups is 1. The Hall–Kier alpha value is -1.49. The molecule has 0 bridgehead atoms. The Labute approximate surface area is 112 Å². The summed E-state index contributed by atoms with van der Waals surface area (Å²) in [7, 11) is 0. The van der Waals surface area contributed by atoms with Crippen LogP contribution in [-0.2, 0) is 0 Å². The van der Waals surface area contributed by atoms with Gasteiger partial charge in [-0.15, -0.1) is 0 Å². The maximum atomic E-state index is 12.4. The lowest BCUT2D eigenvalue weighted by Crippen LogP contribution is -2.36. The van der Waals surface area contributed by atoms with Crippen LogP contribution < -0.4 is 5.73 Å².